The first-order chi connectivity index (χ1) is 10.1. The second kappa shape index (κ2) is 5.28. The molecule has 1 aromatic heterocycles. The average molecular weight is 283 g/mol. The number of nitrogens with zero attached hydrogens (tertiary/aromatic N) is 1. The summed E-state index contributed by atoms with van der Waals surface area (Å²) in [4.78, 5) is 15.3. The molecule has 1 N–H and O–H groups in total. The van der Waals surface area contributed by atoms with Crippen molar-refractivity contribution in [1.29, 1.82) is 0 Å². The second-order valence-electron chi connectivity index (χ2n) is 4.61. The Balaban J connectivity index is 1.81. The van der Waals surface area contributed by atoms with Gasteiger partial charge in [-0.1, -0.05) is 18.2 Å². The molecule has 0 saturated carbocycles. The van der Waals surface area contributed by atoms with Gasteiger partial charge in [-0.25, -0.2) is 9.78 Å². The number of hydrogen-bond acceptors (Lipinski definition) is 4. The Bertz CT molecular complexity index is 807. The third-order valence-corrected chi connectivity index (χ3v) is 3.11. The molecule has 0 spiro atoms. The highest BCUT2D eigenvalue weighted by molar-refractivity contribution is 5.89. The summed E-state index contributed by atoms with van der Waals surface area (Å²) in [6.45, 7) is 1.96. The van der Waals surface area contributed by atoms with Crippen LogP contribution in [0.2, 0.25) is 0 Å². The highest BCUT2D eigenvalue weighted by Crippen LogP contribution is 2.22. The van der Waals surface area contributed by atoms with Gasteiger partial charge in [-0.15, -0.1) is 0 Å². The van der Waals surface area contributed by atoms with Crippen LogP contribution in [0, 0.1) is 6.92 Å². The molecule has 0 saturated heterocycles. The van der Waals surface area contributed by atoms with Crippen LogP contribution in [0.25, 0.3) is 11.1 Å². The molecule has 0 aliphatic carbocycles. The Kier molecular flexibility index (Phi) is 3.31. The first-order valence-electron chi connectivity index (χ1n) is 6.44. The summed E-state index contributed by atoms with van der Waals surface area (Å²) in [7, 11) is 0. The maximum absolute atomic E-state index is 11.1. The quantitative estimate of drug-likeness (QED) is 0.794. The van der Waals surface area contributed by atoms with Crippen LogP contribution in [0.4, 0.5) is 0 Å². The van der Waals surface area contributed by atoms with Gasteiger partial charge >= 0.3 is 5.97 Å². The van der Waals surface area contributed by atoms with Crippen molar-refractivity contribution in [2.75, 3.05) is 0 Å². The Hall–Kier alpha value is -2.82. The van der Waals surface area contributed by atoms with E-state index in [2.05, 4.69) is 4.98 Å². The lowest BCUT2D eigenvalue weighted by atomic mass is 10.1. The van der Waals surface area contributed by atoms with Gasteiger partial charge in [0.1, 0.15) is 17.9 Å². The first-order valence-corrected chi connectivity index (χ1v) is 6.44. The minimum atomic E-state index is -0.962. The highest BCUT2D eigenvalue weighted by atomic mass is 16.5. The highest BCUT2D eigenvalue weighted by Gasteiger charge is 2.10. The second-order valence-corrected chi connectivity index (χ2v) is 4.61. The molecule has 21 heavy (non-hydrogen) atoms. The average Bonchev–Trinajstić information content (AvgIpc) is 2.84. The number of carboxylic acids is 1. The lowest BCUT2D eigenvalue weighted by Gasteiger charge is -2.08. The predicted octanol–water partition coefficient (Wildman–Crippen LogP) is 3.41. The number of carboxylic acid groups (broad SMARTS) is 1. The van der Waals surface area contributed by atoms with Crippen LogP contribution in [-0.4, -0.2) is 16.1 Å². The summed E-state index contributed by atoms with van der Waals surface area (Å²) in [5.41, 5.74) is 2.29. The van der Waals surface area contributed by atoms with Crippen LogP contribution in [-0.2, 0) is 6.61 Å². The Labute approximate surface area is 120 Å². The summed E-state index contributed by atoms with van der Waals surface area (Å²) >= 11 is 0. The molecule has 0 bridgehead atoms. The minimum Gasteiger partial charge on any atom is -0.489 e. The lowest BCUT2D eigenvalue weighted by Crippen LogP contribution is -2.05. The number of aromatic nitrogens is 1. The molecule has 0 aliphatic rings. The first kappa shape index (κ1) is 13.2. The third kappa shape index (κ3) is 2.72. The predicted molar refractivity (Wildman–Crippen MR) is 76.5 cm³/mol. The van der Waals surface area contributed by atoms with Crippen molar-refractivity contribution in [2.45, 2.75) is 13.5 Å². The molecule has 2 aromatic carbocycles. The normalized spacial score (nSPS) is 10.7. The fourth-order valence-corrected chi connectivity index (χ4v) is 2.13. The molecule has 3 rings (SSSR count). The van der Waals surface area contributed by atoms with E-state index in [1.807, 2.05) is 6.07 Å². The standard InChI is InChI=1S/C16H13NO4/c1-10-17-14-7-6-12(8-15(14)21-10)20-9-11-4-2-3-5-13(11)16(18)19/h2-8H,9H2,1H3,(H,18,19). The van der Waals surface area contributed by atoms with E-state index in [-0.39, 0.29) is 12.2 Å². The van der Waals surface area contributed by atoms with Gasteiger partial charge < -0.3 is 14.3 Å². The number of aromatic carboxylic acids is 1. The summed E-state index contributed by atoms with van der Waals surface area (Å²) in [5.74, 6) is 0.243. The number of benzene rings is 2. The van der Waals surface area contributed by atoms with E-state index in [0.717, 1.165) is 5.52 Å². The topological polar surface area (TPSA) is 72.6 Å². The van der Waals surface area contributed by atoms with Crippen LogP contribution in [0.3, 0.4) is 0 Å². The molecular formula is C16H13NO4. The third-order valence-electron chi connectivity index (χ3n) is 3.11. The Morgan fingerprint density at radius 3 is 2.90 bits per heavy atom. The maximum atomic E-state index is 11.1. The Morgan fingerprint density at radius 1 is 1.29 bits per heavy atom. The van der Waals surface area contributed by atoms with Gasteiger partial charge in [0.05, 0.1) is 5.56 Å². The van der Waals surface area contributed by atoms with Crippen LogP contribution >= 0.6 is 0 Å². The molecule has 5 heteroatoms. The summed E-state index contributed by atoms with van der Waals surface area (Å²) in [6, 6.07) is 12.1. The molecule has 106 valence electrons. The summed E-state index contributed by atoms with van der Waals surface area (Å²) < 4.78 is 11.1. The summed E-state index contributed by atoms with van der Waals surface area (Å²) in [6.07, 6.45) is 0. The van der Waals surface area contributed by atoms with E-state index in [0.29, 0.717) is 22.8 Å². The van der Waals surface area contributed by atoms with Crippen LogP contribution in [0.15, 0.2) is 46.9 Å². The smallest absolute Gasteiger partial charge is 0.336 e. The van der Waals surface area contributed by atoms with Gasteiger partial charge in [0.25, 0.3) is 0 Å². The van der Waals surface area contributed by atoms with Crippen molar-refractivity contribution >= 4 is 17.1 Å². The van der Waals surface area contributed by atoms with Gasteiger partial charge in [0, 0.05) is 18.6 Å². The van der Waals surface area contributed by atoms with E-state index < -0.39 is 5.97 Å². The van der Waals surface area contributed by atoms with Crippen molar-refractivity contribution in [2.24, 2.45) is 0 Å². The number of oxazole rings is 1. The van der Waals surface area contributed by atoms with E-state index in [1.165, 1.54) is 0 Å². The molecule has 0 unspecified atom stereocenters. The van der Waals surface area contributed by atoms with Gasteiger partial charge in [-0.2, -0.15) is 0 Å². The van der Waals surface area contributed by atoms with Crippen molar-refractivity contribution in [3.05, 3.63) is 59.5 Å². The zero-order chi connectivity index (χ0) is 14.8. The number of hydrogen-bond donors (Lipinski definition) is 1. The maximum Gasteiger partial charge on any atom is 0.336 e. The van der Waals surface area contributed by atoms with Crippen LogP contribution in [0.1, 0.15) is 21.8 Å². The number of carbonyl (C=O) groups is 1. The van der Waals surface area contributed by atoms with Crippen molar-refractivity contribution in [3.8, 4) is 5.75 Å². The van der Waals surface area contributed by atoms with Crippen molar-refractivity contribution < 1.29 is 19.1 Å². The Morgan fingerprint density at radius 2 is 2.10 bits per heavy atom. The molecule has 3 aromatic rings. The molecular weight excluding hydrogens is 270 g/mol. The molecule has 5 nitrogen and oxygen atoms in total. The fourth-order valence-electron chi connectivity index (χ4n) is 2.13. The molecule has 0 aliphatic heterocycles. The molecule has 0 atom stereocenters. The number of aryl methyl sites for hydroxylation is 1. The lowest BCUT2D eigenvalue weighted by molar-refractivity contribution is 0.0694. The van der Waals surface area contributed by atoms with Crippen molar-refractivity contribution in [1.82, 2.24) is 4.98 Å². The SMILES string of the molecule is Cc1nc2ccc(OCc3ccccc3C(=O)O)cc2o1. The van der Waals surface area contributed by atoms with Gasteiger partial charge in [-0.3, -0.25) is 0 Å². The van der Waals surface area contributed by atoms with E-state index in [9.17, 15) is 4.79 Å². The van der Waals surface area contributed by atoms with E-state index in [1.54, 1.807) is 43.3 Å². The van der Waals surface area contributed by atoms with Gasteiger partial charge in [0.2, 0.25) is 0 Å². The van der Waals surface area contributed by atoms with Gasteiger partial charge in [0.15, 0.2) is 11.5 Å². The van der Waals surface area contributed by atoms with Crippen LogP contribution in [0.5, 0.6) is 5.75 Å². The van der Waals surface area contributed by atoms with Crippen LogP contribution < -0.4 is 4.74 Å². The summed E-state index contributed by atoms with van der Waals surface area (Å²) in [5, 5.41) is 9.13. The van der Waals surface area contributed by atoms with E-state index in [4.69, 9.17) is 14.3 Å². The minimum absolute atomic E-state index is 0.182. The van der Waals surface area contributed by atoms with Crippen molar-refractivity contribution in [3.63, 3.8) is 0 Å². The van der Waals surface area contributed by atoms with Gasteiger partial charge in [-0.05, 0) is 18.2 Å². The zero-order valence-corrected chi connectivity index (χ0v) is 11.4. The monoisotopic (exact) mass is 283 g/mol. The number of rotatable bonds is 4. The molecule has 1 heterocycles. The number of ether oxygens (including phenoxy) is 1. The number of fused-ring (bicyclic) bond motifs is 1. The zero-order valence-electron chi connectivity index (χ0n) is 11.4. The van der Waals surface area contributed by atoms with E-state index >= 15 is 0 Å². The molecule has 0 radical (unpaired) electrons. The molecule has 0 amide bonds. The molecule has 0 fully saturated rings. The largest absolute Gasteiger partial charge is 0.489 e. The fraction of sp³-hybridized carbons (Fsp3) is 0.125.